The summed E-state index contributed by atoms with van der Waals surface area (Å²) in [5, 5.41) is 11.4. The first-order valence-corrected chi connectivity index (χ1v) is 13.7. The lowest BCUT2D eigenvalue weighted by Gasteiger charge is -2.33. The van der Waals surface area contributed by atoms with Crippen LogP contribution in [0.25, 0.3) is 0 Å². The molecule has 2 N–H and O–H groups in total. The highest BCUT2D eigenvalue weighted by molar-refractivity contribution is 7.89. The predicted octanol–water partition coefficient (Wildman–Crippen LogP) is 4.61. The fourth-order valence-electron chi connectivity index (χ4n) is 4.63. The van der Waals surface area contributed by atoms with E-state index in [9.17, 15) is 31.6 Å². The van der Waals surface area contributed by atoms with Gasteiger partial charge in [0, 0.05) is 17.3 Å². The molecule has 0 bridgehead atoms. The van der Waals surface area contributed by atoms with Gasteiger partial charge in [0.05, 0.1) is 17.6 Å². The molecular weight excluding hydrogens is 529 g/mol. The third-order valence-electron chi connectivity index (χ3n) is 6.50. The topological polar surface area (TPSA) is 95.9 Å². The number of alkyl halides is 3. The van der Waals surface area contributed by atoms with Gasteiger partial charge in [0.25, 0.3) is 5.91 Å². The predicted molar refractivity (Wildman–Crippen MR) is 131 cm³/mol. The van der Waals surface area contributed by atoms with E-state index in [0.717, 1.165) is 26.9 Å². The van der Waals surface area contributed by atoms with E-state index in [-0.39, 0.29) is 17.9 Å². The Morgan fingerprint density at radius 3 is 2.41 bits per heavy atom. The number of carbonyl (C=O) groups is 1. The number of hydrogen-bond donors (Lipinski definition) is 2. The zero-order valence-electron chi connectivity index (χ0n) is 19.7. The summed E-state index contributed by atoms with van der Waals surface area (Å²) in [5.74, 6) is -1.06. The Labute approximate surface area is 216 Å². The molecule has 0 radical (unpaired) electrons. The van der Waals surface area contributed by atoms with Gasteiger partial charge in [-0.3, -0.25) is 10.0 Å². The fourth-order valence-corrected chi connectivity index (χ4v) is 7.20. The van der Waals surface area contributed by atoms with Crippen LogP contribution in [0.5, 0.6) is 5.75 Å². The van der Waals surface area contributed by atoms with Crippen molar-refractivity contribution in [3.8, 4) is 5.75 Å². The molecule has 0 aliphatic carbocycles. The van der Waals surface area contributed by atoms with Gasteiger partial charge in [-0.1, -0.05) is 12.1 Å². The molecule has 1 aromatic heterocycles. The van der Waals surface area contributed by atoms with Crippen LogP contribution in [-0.2, 0) is 33.8 Å². The Kier molecular flexibility index (Phi) is 7.93. The second-order valence-corrected chi connectivity index (χ2v) is 11.5. The molecule has 7 nitrogen and oxygen atoms in total. The monoisotopic (exact) mass is 554 g/mol. The molecule has 2 aromatic carbocycles. The molecular formula is C25H25F3N2O5S2. The maximum atomic E-state index is 13.7. The van der Waals surface area contributed by atoms with Gasteiger partial charge in [-0.05, 0) is 78.2 Å². The maximum Gasteiger partial charge on any atom is 0.416 e. The van der Waals surface area contributed by atoms with E-state index in [4.69, 9.17) is 4.74 Å². The first-order valence-electron chi connectivity index (χ1n) is 11.4. The maximum absolute atomic E-state index is 13.7. The van der Waals surface area contributed by atoms with Crippen molar-refractivity contribution in [1.29, 1.82) is 0 Å². The lowest BCUT2D eigenvalue weighted by atomic mass is 9.86. The molecule has 2 atom stereocenters. The van der Waals surface area contributed by atoms with E-state index < -0.39 is 39.6 Å². The van der Waals surface area contributed by atoms with E-state index in [0.29, 0.717) is 24.2 Å². The zero-order chi connectivity index (χ0) is 26.8. The van der Waals surface area contributed by atoms with Crippen LogP contribution in [0.1, 0.15) is 33.9 Å². The third kappa shape index (κ3) is 5.66. The largest absolute Gasteiger partial charge is 0.497 e. The van der Waals surface area contributed by atoms with Crippen LogP contribution in [-0.4, -0.2) is 43.5 Å². The van der Waals surface area contributed by atoms with Gasteiger partial charge in [0.15, 0.2) is 0 Å². The standard InChI is InChI=1S/C25H25F3N2O5S2/c1-35-18-7-9-19(10-8-18)37(33,34)30-14-12-22-20(13-15-36-22)21(23(30)24(31)29-32)11-4-16-2-5-17(6-3-16)25(26,27)28/h2-3,5-10,13,15,21,23,32H,4,11-12,14H2,1H3,(H,29,31). The summed E-state index contributed by atoms with van der Waals surface area (Å²) in [6, 6.07) is 11.1. The van der Waals surface area contributed by atoms with Crippen molar-refractivity contribution in [1.82, 2.24) is 9.79 Å². The van der Waals surface area contributed by atoms with Crippen LogP contribution in [0.3, 0.4) is 0 Å². The normalized spacial score (nSPS) is 18.6. The molecule has 2 unspecified atom stereocenters. The number of carbonyl (C=O) groups excluding carboxylic acids is 1. The van der Waals surface area contributed by atoms with Crippen molar-refractivity contribution in [2.24, 2.45) is 0 Å². The summed E-state index contributed by atoms with van der Waals surface area (Å²) >= 11 is 1.45. The average molecular weight is 555 g/mol. The van der Waals surface area contributed by atoms with E-state index >= 15 is 0 Å². The van der Waals surface area contributed by atoms with Gasteiger partial charge in [0.1, 0.15) is 11.8 Å². The summed E-state index contributed by atoms with van der Waals surface area (Å²) in [6.45, 7) is 0.0107. The SMILES string of the molecule is COc1ccc(S(=O)(=O)N2CCc3sccc3C(CCc3ccc(C(F)(F)F)cc3)C2C(=O)NO)cc1. The number of fused-ring (bicyclic) bond motifs is 1. The first-order chi connectivity index (χ1) is 17.6. The third-order valence-corrected chi connectivity index (χ3v) is 9.39. The molecule has 1 aliphatic rings. The molecule has 1 amide bonds. The van der Waals surface area contributed by atoms with Gasteiger partial charge >= 0.3 is 6.18 Å². The first kappa shape index (κ1) is 27.1. The number of nitrogens with zero attached hydrogens (tertiary/aromatic N) is 1. The van der Waals surface area contributed by atoms with Gasteiger partial charge in [-0.15, -0.1) is 11.3 Å². The van der Waals surface area contributed by atoms with Crippen molar-refractivity contribution < 1.29 is 36.3 Å². The summed E-state index contributed by atoms with van der Waals surface area (Å²) < 4.78 is 72.5. The molecule has 2 heterocycles. The summed E-state index contributed by atoms with van der Waals surface area (Å²) in [4.78, 5) is 13.9. The smallest absolute Gasteiger partial charge is 0.416 e. The van der Waals surface area contributed by atoms with Crippen LogP contribution < -0.4 is 10.2 Å². The molecule has 37 heavy (non-hydrogen) atoms. The Balaban J connectivity index is 1.70. The molecule has 1 aliphatic heterocycles. The highest BCUT2D eigenvalue weighted by Crippen LogP contribution is 2.39. The minimum atomic E-state index is -4.45. The van der Waals surface area contributed by atoms with Gasteiger partial charge < -0.3 is 4.74 Å². The van der Waals surface area contributed by atoms with Crippen molar-refractivity contribution in [2.45, 2.75) is 42.3 Å². The van der Waals surface area contributed by atoms with Crippen molar-refractivity contribution in [3.05, 3.63) is 81.5 Å². The number of benzene rings is 2. The lowest BCUT2D eigenvalue weighted by Crippen LogP contribution is -2.51. The number of ether oxygens (including phenoxy) is 1. The molecule has 0 saturated heterocycles. The minimum Gasteiger partial charge on any atom is -0.497 e. The van der Waals surface area contributed by atoms with Crippen LogP contribution >= 0.6 is 11.3 Å². The fraction of sp³-hybridized carbons (Fsp3) is 0.320. The molecule has 0 saturated carbocycles. The van der Waals surface area contributed by atoms with Gasteiger partial charge in [-0.25, -0.2) is 13.9 Å². The summed E-state index contributed by atoms with van der Waals surface area (Å²) in [5.41, 5.74) is 2.26. The average Bonchev–Trinajstić information content (AvgIpc) is 3.29. The Morgan fingerprint density at radius 2 is 1.81 bits per heavy atom. The van der Waals surface area contributed by atoms with Crippen molar-refractivity contribution >= 4 is 27.3 Å². The number of hydrogen-bond acceptors (Lipinski definition) is 6. The molecule has 198 valence electrons. The summed E-state index contributed by atoms with van der Waals surface area (Å²) in [7, 11) is -2.70. The van der Waals surface area contributed by atoms with Crippen molar-refractivity contribution in [3.63, 3.8) is 0 Å². The lowest BCUT2D eigenvalue weighted by molar-refractivity contribution is -0.137. The van der Waals surface area contributed by atoms with Crippen LogP contribution in [0.15, 0.2) is 64.9 Å². The quantitative estimate of drug-likeness (QED) is 0.329. The van der Waals surface area contributed by atoms with Gasteiger partial charge in [-0.2, -0.15) is 17.5 Å². The zero-order valence-corrected chi connectivity index (χ0v) is 21.4. The molecule has 0 spiro atoms. The van der Waals surface area contributed by atoms with E-state index in [2.05, 4.69) is 0 Å². The number of amides is 1. The highest BCUT2D eigenvalue weighted by atomic mass is 32.2. The Morgan fingerprint density at radius 1 is 1.14 bits per heavy atom. The molecule has 12 heteroatoms. The number of methoxy groups -OCH3 is 1. The second-order valence-electron chi connectivity index (χ2n) is 8.60. The van der Waals surface area contributed by atoms with Crippen LogP contribution in [0, 0.1) is 0 Å². The Bertz CT molecular complexity index is 1340. The summed E-state index contributed by atoms with van der Waals surface area (Å²) in [6.07, 6.45) is -3.52. The number of hydroxylamine groups is 1. The molecule has 3 aromatic rings. The molecule has 4 rings (SSSR count). The highest BCUT2D eigenvalue weighted by Gasteiger charge is 2.44. The van der Waals surface area contributed by atoms with Gasteiger partial charge in [0.2, 0.25) is 10.0 Å². The number of aryl methyl sites for hydroxylation is 1. The number of halogens is 3. The molecule has 0 fully saturated rings. The number of sulfonamides is 1. The number of thiophene rings is 1. The van der Waals surface area contributed by atoms with E-state index in [1.54, 1.807) is 5.48 Å². The van der Waals surface area contributed by atoms with E-state index in [1.807, 2.05) is 11.4 Å². The number of nitrogens with one attached hydrogen (secondary N) is 1. The van der Waals surface area contributed by atoms with Crippen LogP contribution in [0.4, 0.5) is 13.2 Å². The number of rotatable bonds is 7. The Hall–Kier alpha value is -2.93. The van der Waals surface area contributed by atoms with Crippen LogP contribution in [0.2, 0.25) is 0 Å². The minimum absolute atomic E-state index is 0.0107. The van der Waals surface area contributed by atoms with E-state index in [1.165, 1.54) is 54.8 Å². The second kappa shape index (κ2) is 10.8. The van der Waals surface area contributed by atoms with Crippen molar-refractivity contribution in [2.75, 3.05) is 13.7 Å².